The normalized spacial score (nSPS) is 28.7. The number of aromatic nitrogens is 1. The van der Waals surface area contributed by atoms with Crippen molar-refractivity contribution in [1.82, 2.24) is 24.8 Å². The van der Waals surface area contributed by atoms with Crippen LogP contribution >= 0.6 is 0 Å². The van der Waals surface area contributed by atoms with E-state index < -0.39 is 123 Å². The summed E-state index contributed by atoms with van der Waals surface area (Å²) in [6, 6.07) is 0.956. The highest BCUT2D eigenvalue weighted by molar-refractivity contribution is 7.91. The molecule has 4 amide bonds. The molecule has 2 aliphatic carbocycles. The number of nitrogens with one attached hydrogen (secondary N) is 2. The Hall–Kier alpha value is -4.89. The third-order valence-corrected chi connectivity index (χ3v) is 14.7. The number of ether oxygens (including phenoxy) is 2. The Kier molecular flexibility index (Phi) is 12.3. The number of hydrogen-bond donors (Lipinski definition) is 3. The number of carboxylic acid groups (broad SMARTS) is 1. The van der Waals surface area contributed by atoms with E-state index in [1.54, 1.807) is 19.1 Å². The van der Waals surface area contributed by atoms with Crippen LogP contribution in [0.1, 0.15) is 78.3 Å². The van der Waals surface area contributed by atoms with E-state index in [9.17, 15) is 63.4 Å². The van der Waals surface area contributed by atoms with Crippen molar-refractivity contribution in [3.05, 3.63) is 42.1 Å². The summed E-state index contributed by atoms with van der Waals surface area (Å²) in [5.41, 5.74) is -6.52. The average molecular weight is 908 g/mol. The van der Waals surface area contributed by atoms with Crippen molar-refractivity contribution < 1.29 is 72.9 Å². The molecule has 3 N–H and O–H groups in total. The summed E-state index contributed by atoms with van der Waals surface area (Å²) in [6.45, 7) is 2.36. The summed E-state index contributed by atoms with van der Waals surface area (Å²) in [7, 11) is -3.30. The molecule has 22 heteroatoms. The van der Waals surface area contributed by atoms with E-state index in [0.29, 0.717) is 26.7 Å². The molecule has 0 unspecified atom stereocenters. The van der Waals surface area contributed by atoms with Crippen LogP contribution in [0.3, 0.4) is 0 Å². The van der Waals surface area contributed by atoms with Gasteiger partial charge in [-0.2, -0.15) is 26.3 Å². The number of alkyl halides is 7. The second kappa shape index (κ2) is 16.3. The number of fused-ring (bicyclic) bond motifs is 3. The zero-order valence-electron chi connectivity index (χ0n) is 34.4. The van der Waals surface area contributed by atoms with E-state index in [2.05, 4.69) is 10.3 Å². The topological polar surface area (TPSA) is 185 Å². The Balaban J connectivity index is 1.45. The van der Waals surface area contributed by atoms with Crippen molar-refractivity contribution >= 4 is 44.6 Å². The molecule has 14 nitrogen and oxygen atoms in total. The molecule has 0 bridgehead atoms. The number of benzene rings is 1. The first-order valence-corrected chi connectivity index (χ1v) is 21.4. The van der Waals surface area contributed by atoms with Gasteiger partial charge < -0.3 is 24.8 Å². The van der Waals surface area contributed by atoms with Crippen LogP contribution in [0.4, 0.5) is 35.5 Å². The molecule has 3 fully saturated rings. The number of carbonyl (C=O) groups excluding carboxylic acids is 3. The number of amides is 4. The van der Waals surface area contributed by atoms with Crippen molar-refractivity contribution in [2.45, 2.75) is 119 Å². The van der Waals surface area contributed by atoms with E-state index in [4.69, 9.17) is 9.47 Å². The van der Waals surface area contributed by atoms with Crippen molar-refractivity contribution in [2.24, 2.45) is 17.8 Å². The molecule has 4 aliphatic rings. The highest BCUT2D eigenvalue weighted by atomic mass is 32.2. The summed E-state index contributed by atoms with van der Waals surface area (Å²) >= 11 is 0. The van der Waals surface area contributed by atoms with Gasteiger partial charge in [-0.25, -0.2) is 22.6 Å². The smallest absolute Gasteiger partial charge is 0.433 e. The van der Waals surface area contributed by atoms with Crippen molar-refractivity contribution in [3.63, 3.8) is 0 Å². The monoisotopic (exact) mass is 907 g/mol. The molecule has 0 radical (unpaired) electrons. The zero-order valence-corrected chi connectivity index (χ0v) is 35.2. The van der Waals surface area contributed by atoms with Gasteiger partial charge in [0.15, 0.2) is 0 Å². The molecule has 2 aliphatic heterocycles. The van der Waals surface area contributed by atoms with Crippen LogP contribution in [0, 0.1) is 17.8 Å². The lowest BCUT2D eigenvalue weighted by molar-refractivity contribution is -0.222. The second-order valence-electron chi connectivity index (χ2n) is 17.4. The van der Waals surface area contributed by atoms with E-state index >= 15 is 0 Å². The molecule has 3 heterocycles. The minimum absolute atomic E-state index is 0.00157. The maximum absolute atomic E-state index is 15.0. The average Bonchev–Trinajstić information content (AvgIpc) is 4.08. The summed E-state index contributed by atoms with van der Waals surface area (Å²) in [4.78, 5) is 60.9. The molecule has 7 atom stereocenters. The SMILES string of the molecule is COc1ccc2c(O[C@@H]3C[C@H]4C(=O)N[C@]5(C(=O)NS(=O)(=O)C6(CF)CC6)C[C@H]5/C=C\CC[C@@H](C)C[C@@H](C)[C@H](N(C(=O)O)C(C)(C)C(F)(F)F)C(=O)N4C3)nc(C(F)(F)F)cc2c1. The van der Waals surface area contributed by atoms with Gasteiger partial charge in [0, 0.05) is 17.7 Å². The number of sulfonamides is 1. The first-order chi connectivity index (χ1) is 28.7. The van der Waals surface area contributed by atoms with Gasteiger partial charge >= 0.3 is 18.4 Å². The molecule has 1 aromatic carbocycles. The van der Waals surface area contributed by atoms with E-state index in [1.807, 2.05) is 4.72 Å². The van der Waals surface area contributed by atoms with Crippen molar-refractivity contribution in [1.29, 1.82) is 0 Å². The number of methoxy groups -OCH3 is 1. The van der Waals surface area contributed by atoms with Crippen LogP contribution in [0.5, 0.6) is 11.6 Å². The fourth-order valence-electron chi connectivity index (χ4n) is 8.46. The number of allylic oxidation sites excluding steroid dienone is 1. The minimum atomic E-state index is -5.21. The third kappa shape index (κ3) is 8.71. The number of carbonyl (C=O) groups is 4. The Morgan fingerprint density at radius 2 is 1.76 bits per heavy atom. The quantitative estimate of drug-likeness (QED) is 0.195. The number of rotatable bonds is 9. The van der Waals surface area contributed by atoms with Crippen LogP contribution in [-0.4, -0.2) is 113 Å². The lowest BCUT2D eigenvalue weighted by Crippen LogP contribution is -2.66. The van der Waals surface area contributed by atoms with E-state index in [0.717, 1.165) is 11.0 Å². The summed E-state index contributed by atoms with van der Waals surface area (Å²) in [6.07, 6.45) is -10.5. The number of halogens is 7. The molecular formula is C40H48F7N5O9S. The first-order valence-electron chi connectivity index (χ1n) is 20.0. The second-order valence-corrected chi connectivity index (χ2v) is 19.5. The van der Waals surface area contributed by atoms with E-state index in [1.165, 1.54) is 32.2 Å². The van der Waals surface area contributed by atoms with Crippen molar-refractivity contribution in [3.8, 4) is 11.6 Å². The Labute approximate surface area is 352 Å². The molecule has 1 saturated heterocycles. The molecule has 342 valence electrons. The molecule has 0 spiro atoms. The van der Waals surface area contributed by atoms with Crippen LogP contribution < -0.4 is 19.5 Å². The predicted molar refractivity (Wildman–Crippen MR) is 207 cm³/mol. The van der Waals surface area contributed by atoms with Crippen molar-refractivity contribution in [2.75, 3.05) is 20.3 Å². The highest BCUT2D eigenvalue weighted by Gasteiger charge is 2.64. The van der Waals surface area contributed by atoms with Gasteiger partial charge in [-0.3, -0.25) is 24.0 Å². The van der Waals surface area contributed by atoms with Gasteiger partial charge in [0.2, 0.25) is 27.7 Å². The minimum Gasteiger partial charge on any atom is -0.497 e. The maximum Gasteiger partial charge on any atom is 0.433 e. The molecule has 62 heavy (non-hydrogen) atoms. The third-order valence-electron chi connectivity index (χ3n) is 12.6. The fraction of sp³-hybridized carbons (Fsp3) is 0.625. The van der Waals surface area contributed by atoms with Gasteiger partial charge in [-0.15, -0.1) is 0 Å². The van der Waals surface area contributed by atoms with E-state index in [-0.39, 0.29) is 53.0 Å². The van der Waals surface area contributed by atoms with Crippen LogP contribution in [0.15, 0.2) is 36.4 Å². The lowest BCUT2D eigenvalue weighted by atomic mass is 9.85. The predicted octanol–water partition coefficient (Wildman–Crippen LogP) is 6.14. The molecule has 1 aromatic heterocycles. The molecular weight excluding hydrogens is 860 g/mol. The number of pyridine rings is 1. The van der Waals surface area contributed by atoms with Gasteiger partial charge in [-0.1, -0.05) is 26.0 Å². The van der Waals surface area contributed by atoms with Gasteiger partial charge in [0.1, 0.15) is 52.1 Å². The zero-order chi connectivity index (χ0) is 46.0. The van der Waals surface area contributed by atoms with Gasteiger partial charge in [0.25, 0.3) is 5.91 Å². The largest absolute Gasteiger partial charge is 0.497 e. The van der Waals surface area contributed by atoms with Gasteiger partial charge in [0.05, 0.1) is 13.7 Å². The Morgan fingerprint density at radius 1 is 1.08 bits per heavy atom. The Morgan fingerprint density at radius 3 is 2.34 bits per heavy atom. The van der Waals surface area contributed by atoms with Crippen LogP contribution in [0.25, 0.3) is 10.8 Å². The Bertz CT molecular complexity index is 2250. The fourth-order valence-corrected chi connectivity index (χ4v) is 9.89. The molecule has 2 aromatic rings. The number of nitrogens with zero attached hydrogens (tertiary/aromatic N) is 3. The molecule has 6 rings (SSSR count). The lowest BCUT2D eigenvalue weighted by Gasteiger charge is -2.45. The first kappa shape index (κ1) is 46.6. The van der Waals surface area contributed by atoms with Crippen LogP contribution in [0.2, 0.25) is 0 Å². The standard InChI is InChI=1S/C40H48F7N5O9S/c1-21-8-6-7-9-24-18-38(24,34(55)50-62(58,59)37(20-41)12-13-37)49-31(53)28-17-26(61-32-27-11-10-25(60-5)15-23(27)16-29(48-32)39(42,43)44)19-51(28)33(54)30(22(2)14-21)52(35(56)57)36(3,4)40(45,46)47/h7,9-11,15-16,21-22,24,26,28,30H,6,8,12-14,17-20H2,1-5H3,(H,49,53)(H,50,55)(H,56,57)/b9-7-/t21-,22-,24-,26-,28+,30+,38-/m1/s1. The number of hydrogen-bond acceptors (Lipinski definition) is 9. The highest BCUT2D eigenvalue weighted by Crippen LogP contribution is 2.48. The summed E-state index contributed by atoms with van der Waals surface area (Å²) < 4.78 is 138. The van der Waals surface area contributed by atoms with Gasteiger partial charge in [-0.05, 0) is 93.9 Å². The molecule has 2 saturated carbocycles. The van der Waals surface area contributed by atoms with Crippen LogP contribution in [-0.2, 0) is 30.6 Å². The maximum atomic E-state index is 15.0. The summed E-state index contributed by atoms with van der Waals surface area (Å²) in [5, 5.41) is 13.0. The summed E-state index contributed by atoms with van der Waals surface area (Å²) in [5.74, 6) is -6.23.